The molecule has 0 aliphatic heterocycles. The fourth-order valence-corrected chi connectivity index (χ4v) is 9.36. The van der Waals surface area contributed by atoms with Crippen molar-refractivity contribution in [1.29, 1.82) is 0 Å². The van der Waals surface area contributed by atoms with Gasteiger partial charge in [0.15, 0.2) is 0 Å². The summed E-state index contributed by atoms with van der Waals surface area (Å²) < 4.78 is 8.06. The van der Waals surface area contributed by atoms with E-state index in [1.165, 1.54) is 50.6 Å². The average Bonchev–Trinajstić information content (AvgIpc) is 3.52. The van der Waals surface area contributed by atoms with Gasteiger partial charge in [-0.2, -0.15) is 0 Å². The molecular weight excluding hydrogens is 897 g/mol. The van der Waals surface area contributed by atoms with Crippen molar-refractivity contribution in [3.8, 4) is 33.6 Å². The predicted octanol–water partition coefficient (Wildman–Crippen LogP) is 12.7. The first-order chi connectivity index (χ1) is 25.2. The van der Waals surface area contributed by atoms with Crippen molar-refractivity contribution < 1.29 is 24.5 Å². The standard InChI is InChI=1S/C35H36NO.C14H16GeN.Ir/c1-34(2,3)25-18-24(19-26(21-25)35(4,5)6)23-14-15-28-29-12-9-13-30(33(29)37-31(28)20-23)32-27-11-8-7-10-22(27)16-17-36-32;1-15(2,3)13-9-10-14(16-11-13)12-7-5-4-6-8-12;/h9,12,14-21H,7-8,10-11H2,1-6H3;4-7,9-11H,1-3H3;/q2*-1;. The van der Waals surface area contributed by atoms with Crippen LogP contribution in [0.5, 0.6) is 0 Å². The van der Waals surface area contributed by atoms with Crippen LogP contribution in [0, 0.1) is 12.1 Å². The van der Waals surface area contributed by atoms with Gasteiger partial charge in [-0.25, -0.2) is 0 Å². The second-order valence-corrected chi connectivity index (χ2v) is 28.3. The number of hydrogen-bond donors (Lipinski definition) is 0. The van der Waals surface area contributed by atoms with Crippen LogP contribution in [0.25, 0.3) is 55.6 Å². The first kappa shape index (κ1) is 39.9. The summed E-state index contributed by atoms with van der Waals surface area (Å²) in [6, 6.07) is 39.0. The van der Waals surface area contributed by atoms with E-state index in [9.17, 15) is 0 Å². The van der Waals surface area contributed by atoms with Crippen molar-refractivity contribution in [3.05, 3.63) is 138 Å². The number of aryl methyl sites for hydroxylation is 1. The molecule has 1 radical (unpaired) electrons. The second-order valence-electron chi connectivity index (χ2n) is 17.7. The van der Waals surface area contributed by atoms with Gasteiger partial charge in [-0.1, -0.05) is 94.0 Å². The Morgan fingerprint density at radius 3 is 2.07 bits per heavy atom. The number of benzene rings is 4. The molecule has 0 amide bonds. The smallest absolute Gasteiger partial charge is 0 e. The van der Waals surface area contributed by atoms with Gasteiger partial charge in [0.25, 0.3) is 0 Å². The van der Waals surface area contributed by atoms with Crippen LogP contribution in [0.3, 0.4) is 0 Å². The van der Waals surface area contributed by atoms with E-state index in [4.69, 9.17) is 9.40 Å². The van der Waals surface area contributed by atoms with Gasteiger partial charge in [0.1, 0.15) is 5.58 Å². The van der Waals surface area contributed by atoms with E-state index in [0.29, 0.717) is 0 Å². The molecule has 279 valence electrons. The first-order valence-corrected chi connectivity index (χ1v) is 26.5. The molecule has 0 bridgehead atoms. The normalized spacial score (nSPS) is 13.2. The molecular formula is C49H52GeIrN2O-2. The van der Waals surface area contributed by atoms with E-state index in [2.05, 4.69) is 137 Å². The maximum Gasteiger partial charge on any atom is 0 e. The summed E-state index contributed by atoms with van der Waals surface area (Å²) in [5.74, 6) is 7.14. The Labute approximate surface area is 338 Å². The zero-order chi connectivity index (χ0) is 37.5. The third-order valence-corrected chi connectivity index (χ3v) is 14.8. The maximum atomic E-state index is 6.61. The Morgan fingerprint density at radius 2 is 1.43 bits per heavy atom. The molecule has 0 saturated heterocycles. The van der Waals surface area contributed by atoms with Crippen molar-refractivity contribution >= 4 is 39.6 Å². The van der Waals surface area contributed by atoms with Crippen LogP contribution in [0.2, 0.25) is 17.3 Å². The van der Waals surface area contributed by atoms with Gasteiger partial charge in [-0.15, -0.1) is 18.2 Å². The predicted molar refractivity (Wildman–Crippen MR) is 227 cm³/mol. The molecule has 0 saturated carbocycles. The van der Waals surface area contributed by atoms with Crippen molar-refractivity contribution in [2.24, 2.45) is 0 Å². The number of hydrogen-bond acceptors (Lipinski definition) is 3. The molecule has 8 rings (SSSR count). The summed E-state index contributed by atoms with van der Waals surface area (Å²) in [7, 11) is 0. The van der Waals surface area contributed by atoms with E-state index in [-0.39, 0.29) is 30.9 Å². The van der Waals surface area contributed by atoms with Crippen LogP contribution < -0.4 is 4.40 Å². The van der Waals surface area contributed by atoms with Crippen LogP contribution in [0.1, 0.15) is 76.6 Å². The largest absolute Gasteiger partial charge is 0 e. The molecule has 3 heterocycles. The molecule has 3 nitrogen and oxygen atoms in total. The van der Waals surface area contributed by atoms with Gasteiger partial charge in [0.05, 0.1) is 5.58 Å². The molecule has 1 aliphatic carbocycles. The Kier molecular flexibility index (Phi) is 11.6. The minimum atomic E-state index is -1.72. The Hall–Kier alpha value is -3.83. The number of aromatic nitrogens is 2. The van der Waals surface area contributed by atoms with E-state index in [1.807, 2.05) is 42.7 Å². The summed E-state index contributed by atoms with van der Waals surface area (Å²) in [6.45, 7) is 13.7. The zero-order valence-corrected chi connectivity index (χ0v) is 37.8. The first-order valence-electron chi connectivity index (χ1n) is 19.1. The van der Waals surface area contributed by atoms with Gasteiger partial charge in [-0.3, -0.25) is 0 Å². The molecule has 0 unspecified atom stereocenters. The third-order valence-electron chi connectivity index (χ3n) is 10.6. The van der Waals surface area contributed by atoms with Gasteiger partial charge in [-0.05, 0) is 76.6 Å². The van der Waals surface area contributed by atoms with Gasteiger partial charge in [0, 0.05) is 31.7 Å². The monoisotopic (exact) mass is 951 g/mol. The molecule has 0 fully saturated rings. The summed E-state index contributed by atoms with van der Waals surface area (Å²) in [5.41, 5.74) is 14.0. The van der Waals surface area contributed by atoms with Crippen molar-refractivity contribution in [1.82, 2.24) is 9.97 Å². The van der Waals surface area contributed by atoms with E-state index in [1.54, 1.807) is 0 Å². The van der Waals surface area contributed by atoms with Crippen LogP contribution in [0.4, 0.5) is 0 Å². The number of rotatable bonds is 4. The van der Waals surface area contributed by atoms with Gasteiger partial charge < -0.3 is 9.40 Å². The average molecular weight is 950 g/mol. The summed E-state index contributed by atoms with van der Waals surface area (Å²) in [6.07, 6.45) is 8.67. The van der Waals surface area contributed by atoms with Crippen LogP contribution >= 0.6 is 0 Å². The molecule has 0 atom stereocenters. The van der Waals surface area contributed by atoms with Crippen molar-refractivity contribution in [2.45, 2.75) is 95.3 Å². The summed E-state index contributed by atoms with van der Waals surface area (Å²) in [4.78, 5) is 9.35. The number of pyridine rings is 2. The molecule has 5 heteroatoms. The van der Waals surface area contributed by atoms with Gasteiger partial charge >= 0.3 is 99.8 Å². The van der Waals surface area contributed by atoms with E-state index >= 15 is 0 Å². The Balaban J connectivity index is 0.000000246. The van der Waals surface area contributed by atoms with Crippen LogP contribution in [0.15, 0.2) is 108 Å². The van der Waals surface area contributed by atoms with E-state index in [0.717, 1.165) is 57.3 Å². The number of fused-ring (bicyclic) bond motifs is 4. The van der Waals surface area contributed by atoms with E-state index < -0.39 is 13.3 Å². The van der Waals surface area contributed by atoms with Crippen LogP contribution in [-0.2, 0) is 43.8 Å². The molecule has 3 aromatic heterocycles. The number of nitrogens with zero attached hydrogens (tertiary/aromatic N) is 2. The van der Waals surface area contributed by atoms with Crippen molar-refractivity contribution in [3.63, 3.8) is 0 Å². The fourth-order valence-electron chi connectivity index (χ4n) is 7.19. The van der Waals surface area contributed by atoms with Gasteiger partial charge in [0.2, 0.25) is 0 Å². The van der Waals surface area contributed by atoms with Crippen LogP contribution in [-0.4, -0.2) is 23.2 Å². The minimum absolute atomic E-state index is 0. The molecule has 54 heavy (non-hydrogen) atoms. The summed E-state index contributed by atoms with van der Waals surface area (Å²) >= 11 is -1.72. The molecule has 4 aromatic carbocycles. The Morgan fingerprint density at radius 1 is 0.685 bits per heavy atom. The number of furan rings is 1. The SMILES string of the molecule is CC(C)(C)c1cc(-c2ccc3c(c2)oc2c(-c4nccc5c4CCCC5)[c-]ccc23)cc(C(C)(C)C)c1.[CH3][Ge]([CH3])([CH3])[c]1ccc(-c2[c-]cccc2)nc1.[Ir]. The Bertz CT molecular complexity index is 2360. The molecule has 7 aromatic rings. The molecule has 1 aliphatic rings. The summed E-state index contributed by atoms with van der Waals surface area (Å²) in [5, 5.41) is 2.27. The van der Waals surface area contributed by atoms with Crippen molar-refractivity contribution in [2.75, 3.05) is 0 Å². The molecule has 0 N–H and O–H groups in total. The maximum absolute atomic E-state index is 6.61. The molecule has 0 spiro atoms. The second kappa shape index (κ2) is 15.7. The fraction of sp³-hybridized carbons (Fsp3) is 0.306. The zero-order valence-electron chi connectivity index (χ0n) is 33.3. The third kappa shape index (κ3) is 8.52. The quantitative estimate of drug-likeness (QED) is 0.130. The minimum Gasteiger partial charge on any atom is 0 e. The topological polar surface area (TPSA) is 38.9 Å².